The topological polar surface area (TPSA) is 72.2 Å². The first-order valence-corrected chi connectivity index (χ1v) is 10.1. The van der Waals surface area contributed by atoms with Crippen LogP contribution in [0.15, 0.2) is 30.9 Å². The van der Waals surface area contributed by atoms with E-state index in [2.05, 4.69) is 34.5 Å². The Morgan fingerprint density at radius 3 is 2.59 bits per heavy atom. The van der Waals surface area contributed by atoms with Gasteiger partial charge in [0.25, 0.3) is 0 Å². The predicted octanol–water partition coefficient (Wildman–Crippen LogP) is 2.03. The van der Waals surface area contributed by atoms with Gasteiger partial charge in [0.1, 0.15) is 12.1 Å². The molecule has 29 heavy (non-hydrogen) atoms. The largest absolute Gasteiger partial charge is 0.378 e. The second-order valence-electron chi connectivity index (χ2n) is 7.62. The molecule has 0 N–H and O–H groups in total. The van der Waals surface area contributed by atoms with Gasteiger partial charge in [-0.25, -0.2) is 19.6 Å². The van der Waals surface area contributed by atoms with E-state index in [1.54, 1.807) is 18.6 Å². The lowest BCUT2D eigenvalue weighted by molar-refractivity contribution is 0.122. The average Bonchev–Trinajstić information content (AvgIpc) is 3.21. The average molecular weight is 397 g/mol. The zero-order valence-electron chi connectivity index (χ0n) is 16.2. The number of hydrogen-bond donors (Lipinski definition) is 0. The highest BCUT2D eigenvalue weighted by Crippen LogP contribution is 2.29. The van der Waals surface area contributed by atoms with E-state index < -0.39 is 5.95 Å². The third kappa shape index (κ3) is 3.79. The number of hydrogen-bond acceptors (Lipinski definition) is 7. The van der Waals surface area contributed by atoms with Crippen molar-refractivity contribution in [3.63, 3.8) is 0 Å². The van der Waals surface area contributed by atoms with Crippen molar-refractivity contribution in [3.05, 3.63) is 42.4 Å². The smallest absolute Gasteiger partial charge is 0.212 e. The van der Waals surface area contributed by atoms with Crippen LogP contribution >= 0.6 is 0 Å². The van der Waals surface area contributed by atoms with Crippen molar-refractivity contribution in [3.8, 4) is 0 Å². The van der Waals surface area contributed by atoms with Crippen molar-refractivity contribution in [2.24, 2.45) is 0 Å². The fourth-order valence-corrected chi connectivity index (χ4v) is 4.22. The van der Waals surface area contributed by atoms with Crippen LogP contribution in [0.1, 0.15) is 24.4 Å². The van der Waals surface area contributed by atoms with Crippen molar-refractivity contribution in [2.75, 3.05) is 44.3 Å². The molecule has 2 saturated heterocycles. The normalized spacial score (nSPS) is 19.1. The van der Waals surface area contributed by atoms with Gasteiger partial charge in [-0.15, -0.1) is 0 Å². The molecule has 2 fully saturated rings. The van der Waals surface area contributed by atoms with Crippen molar-refractivity contribution in [2.45, 2.75) is 25.4 Å². The maximum atomic E-state index is 13.0. The molecule has 8 nitrogen and oxygen atoms in total. The molecule has 9 heteroatoms. The van der Waals surface area contributed by atoms with Crippen molar-refractivity contribution in [1.29, 1.82) is 0 Å². The van der Waals surface area contributed by atoms with E-state index in [0.29, 0.717) is 6.04 Å². The first-order chi connectivity index (χ1) is 14.3. The van der Waals surface area contributed by atoms with Gasteiger partial charge in [-0.3, -0.25) is 4.90 Å². The van der Waals surface area contributed by atoms with Crippen LogP contribution in [0.5, 0.6) is 0 Å². The Morgan fingerprint density at radius 1 is 1.00 bits per heavy atom. The van der Waals surface area contributed by atoms with E-state index in [1.165, 1.54) is 6.07 Å². The molecule has 0 aromatic carbocycles. The van der Waals surface area contributed by atoms with E-state index in [4.69, 9.17) is 4.74 Å². The molecule has 0 amide bonds. The minimum atomic E-state index is -0.434. The van der Waals surface area contributed by atoms with E-state index in [1.807, 2.05) is 6.20 Å². The number of ether oxygens (including phenoxy) is 1. The molecule has 0 radical (unpaired) electrons. The summed E-state index contributed by atoms with van der Waals surface area (Å²) in [5.41, 5.74) is 1.94. The molecule has 5 rings (SSSR count). The molecule has 0 unspecified atom stereocenters. The first kappa shape index (κ1) is 18.4. The van der Waals surface area contributed by atoms with Gasteiger partial charge < -0.3 is 9.64 Å². The summed E-state index contributed by atoms with van der Waals surface area (Å²) in [7, 11) is 0. The number of morpholine rings is 1. The Bertz CT molecular complexity index is 963. The van der Waals surface area contributed by atoms with Gasteiger partial charge in [-0.05, 0) is 24.5 Å². The molecule has 5 heterocycles. The predicted molar refractivity (Wildman–Crippen MR) is 106 cm³/mol. The highest BCUT2D eigenvalue weighted by atomic mass is 19.1. The lowest BCUT2D eigenvalue weighted by Crippen LogP contribution is -2.37. The van der Waals surface area contributed by atoms with E-state index in [0.717, 1.165) is 81.2 Å². The van der Waals surface area contributed by atoms with Crippen LogP contribution in [0, 0.1) is 5.95 Å². The maximum absolute atomic E-state index is 13.0. The summed E-state index contributed by atoms with van der Waals surface area (Å²) in [6, 6.07) is 3.55. The van der Waals surface area contributed by atoms with E-state index >= 15 is 0 Å². The molecule has 0 aliphatic carbocycles. The van der Waals surface area contributed by atoms with E-state index in [9.17, 15) is 4.39 Å². The summed E-state index contributed by atoms with van der Waals surface area (Å²) in [4.78, 5) is 17.4. The van der Waals surface area contributed by atoms with Gasteiger partial charge in [-0.2, -0.15) is 9.49 Å². The molecular weight excluding hydrogens is 373 g/mol. The monoisotopic (exact) mass is 397 g/mol. The quantitative estimate of drug-likeness (QED) is 0.624. The van der Waals surface area contributed by atoms with E-state index in [-0.39, 0.29) is 0 Å². The van der Waals surface area contributed by atoms with Gasteiger partial charge in [0.15, 0.2) is 5.65 Å². The van der Waals surface area contributed by atoms with Crippen LogP contribution in [0.3, 0.4) is 0 Å². The number of halogens is 1. The Kier molecular flexibility index (Phi) is 5.07. The van der Waals surface area contributed by atoms with Gasteiger partial charge in [0.05, 0.1) is 30.8 Å². The number of fused-ring (bicyclic) bond motifs is 1. The van der Waals surface area contributed by atoms with Crippen LogP contribution in [-0.2, 0) is 11.3 Å². The number of piperidine rings is 1. The summed E-state index contributed by atoms with van der Waals surface area (Å²) in [6.07, 6.45) is 7.16. The molecule has 152 valence electrons. The lowest BCUT2D eigenvalue weighted by atomic mass is 10.0. The fourth-order valence-electron chi connectivity index (χ4n) is 4.22. The lowest BCUT2D eigenvalue weighted by Gasteiger charge is -2.32. The zero-order chi connectivity index (χ0) is 19.6. The molecule has 2 aliphatic rings. The summed E-state index contributed by atoms with van der Waals surface area (Å²) < 4.78 is 20.5. The third-order valence-corrected chi connectivity index (χ3v) is 5.78. The Labute approximate surface area is 168 Å². The first-order valence-electron chi connectivity index (χ1n) is 10.1. The number of likely N-dealkylation sites (tertiary alicyclic amines) is 1. The van der Waals surface area contributed by atoms with Crippen molar-refractivity contribution in [1.82, 2.24) is 29.6 Å². The minimum Gasteiger partial charge on any atom is -0.378 e. The molecule has 0 spiro atoms. The second-order valence-corrected chi connectivity index (χ2v) is 7.62. The van der Waals surface area contributed by atoms with Crippen molar-refractivity contribution < 1.29 is 9.13 Å². The standard InChI is InChI=1S/C20H24FN7O/c21-18-2-1-15(11-22-18)13-26-5-3-16(4-6-26)28-20-17(12-25-28)19(23-14-24-20)27-7-9-29-10-8-27/h1-2,11-12,14,16H,3-10,13H2. The summed E-state index contributed by atoms with van der Waals surface area (Å²) in [6.45, 7) is 5.85. The van der Waals surface area contributed by atoms with Gasteiger partial charge in [-0.1, -0.05) is 6.07 Å². The zero-order valence-corrected chi connectivity index (χ0v) is 16.2. The van der Waals surface area contributed by atoms with Crippen LogP contribution in [0.25, 0.3) is 11.0 Å². The number of aromatic nitrogens is 5. The third-order valence-electron chi connectivity index (χ3n) is 5.78. The van der Waals surface area contributed by atoms with Crippen LogP contribution in [0.2, 0.25) is 0 Å². The molecule has 3 aromatic heterocycles. The fraction of sp³-hybridized carbons (Fsp3) is 0.500. The van der Waals surface area contributed by atoms with Crippen molar-refractivity contribution >= 4 is 16.9 Å². The number of pyridine rings is 1. The summed E-state index contributed by atoms with van der Waals surface area (Å²) in [5.74, 6) is 0.516. The number of nitrogens with zero attached hydrogens (tertiary/aromatic N) is 7. The highest BCUT2D eigenvalue weighted by Gasteiger charge is 2.25. The Morgan fingerprint density at radius 2 is 1.83 bits per heavy atom. The number of rotatable bonds is 4. The van der Waals surface area contributed by atoms with Gasteiger partial charge in [0.2, 0.25) is 5.95 Å². The van der Waals surface area contributed by atoms with Crippen LogP contribution in [0.4, 0.5) is 10.2 Å². The molecule has 0 atom stereocenters. The summed E-state index contributed by atoms with van der Waals surface area (Å²) in [5, 5.41) is 5.69. The molecule has 0 bridgehead atoms. The van der Waals surface area contributed by atoms with Crippen LogP contribution < -0.4 is 4.90 Å². The molecular formula is C20H24FN7O. The van der Waals surface area contributed by atoms with Crippen LogP contribution in [-0.4, -0.2) is 69.0 Å². The Balaban J connectivity index is 1.29. The molecule has 0 saturated carbocycles. The number of anilines is 1. The second kappa shape index (κ2) is 8.00. The summed E-state index contributed by atoms with van der Waals surface area (Å²) >= 11 is 0. The Hall–Kier alpha value is -2.65. The SMILES string of the molecule is Fc1ccc(CN2CCC(n3ncc4c(N5CCOCC5)ncnc43)CC2)cn1. The van der Waals surface area contributed by atoms with Gasteiger partial charge >= 0.3 is 0 Å². The minimum absolute atomic E-state index is 0.322. The maximum Gasteiger partial charge on any atom is 0.212 e. The highest BCUT2D eigenvalue weighted by molar-refractivity contribution is 5.86. The van der Waals surface area contributed by atoms with Gasteiger partial charge in [0, 0.05) is 38.9 Å². The molecule has 2 aliphatic heterocycles. The molecule has 3 aromatic rings.